The van der Waals surface area contributed by atoms with Crippen molar-refractivity contribution in [2.75, 3.05) is 7.11 Å². The van der Waals surface area contributed by atoms with Crippen LogP contribution in [-0.4, -0.2) is 13.1 Å². The lowest BCUT2D eigenvalue weighted by molar-refractivity contribution is 0.0600. The molecular formula is C20H19NO2. The van der Waals surface area contributed by atoms with Crippen LogP contribution < -0.4 is 5.32 Å². The van der Waals surface area contributed by atoms with E-state index in [4.69, 9.17) is 4.74 Å². The normalized spacial score (nSPS) is 10.7. The Labute approximate surface area is 135 Å². The van der Waals surface area contributed by atoms with Crippen LogP contribution in [0.1, 0.15) is 21.5 Å². The van der Waals surface area contributed by atoms with Gasteiger partial charge in [0.25, 0.3) is 0 Å². The number of rotatable bonds is 5. The van der Waals surface area contributed by atoms with Crippen molar-refractivity contribution >= 4 is 16.7 Å². The van der Waals surface area contributed by atoms with Crippen molar-refractivity contribution < 1.29 is 9.53 Å². The Hall–Kier alpha value is -2.65. The van der Waals surface area contributed by atoms with Crippen LogP contribution in [0.25, 0.3) is 10.8 Å². The summed E-state index contributed by atoms with van der Waals surface area (Å²) in [6.45, 7) is 1.56. The highest BCUT2D eigenvalue weighted by Crippen LogP contribution is 2.18. The average molecular weight is 305 g/mol. The van der Waals surface area contributed by atoms with Crippen LogP contribution in [0.15, 0.2) is 66.7 Å². The quantitative estimate of drug-likeness (QED) is 0.726. The SMILES string of the molecule is COC(=O)c1ccc(CNCc2cccc3ccccc23)cc1. The van der Waals surface area contributed by atoms with Gasteiger partial charge in [-0.2, -0.15) is 0 Å². The highest BCUT2D eigenvalue weighted by Gasteiger charge is 2.04. The summed E-state index contributed by atoms with van der Waals surface area (Å²) in [4.78, 5) is 11.4. The Balaban J connectivity index is 1.64. The van der Waals surface area contributed by atoms with Gasteiger partial charge in [-0.25, -0.2) is 4.79 Å². The van der Waals surface area contributed by atoms with Crippen LogP contribution in [0.4, 0.5) is 0 Å². The zero-order valence-electron chi connectivity index (χ0n) is 13.1. The first-order valence-electron chi connectivity index (χ1n) is 7.62. The Kier molecular flexibility index (Phi) is 4.69. The number of benzene rings is 3. The molecule has 3 nitrogen and oxygen atoms in total. The molecule has 1 N–H and O–H groups in total. The molecule has 0 bridgehead atoms. The molecule has 3 rings (SSSR count). The smallest absolute Gasteiger partial charge is 0.337 e. The zero-order chi connectivity index (χ0) is 16.1. The maximum Gasteiger partial charge on any atom is 0.337 e. The van der Waals surface area contributed by atoms with E-state index in [1.807, 2.05) is 12.1 Å². The molecule has 0 aliphatic heterocycles. The molecule has 3 heteroatoms. The average Bonchev–Trinajstić information content (AvgIpc) is 2.62. The van der Waals surface area contributed by atoms with Gasteiger partial charge in [0.05, 0.1) is 12.7 Å². The number of carbonyl (C=O) groups excluding carboxylic acids is 1. The number of esters is 1. The fraction of sp³-hybridized carbons (Fsp3) is 0.150. The third-order valence-corrected chi connectivity index (χ3v) is 3.90. The highest BCUT2D eigenvalue weighted by atomic mass is 16.5. The lowest BCUT2D eigenvalue weighted by Crippen LogP contribution is -2.13. The minimum Gasteiger partial charge on any atom is -0.465 e. The predicted octanol–water partition coefficient (Wildman–Crippen LogP) is 3.92. The molecule has 0 heterocycles. The van der Waals surface area contributed by atoms with Crippen LogP contribution in [0.3, 0.4) is 0 Å². The Morgan fingerprint density at radius 1 is 0.913 bits per heavy atom. The first kappa shape index (κ1) is 15.3. The van der Waals surface area contributed by atoms with Crippen molar-refractivity contribution in [1.82, 2.24) is 5.32 Å². The zero-order valence-corrected chi connectivity index (χ0v) is 13.1. The van der Waals surface area contributed by atoms with Crippen molar-refractivity contribution in [3.8, 4) is 0 Å². The van der Waals surface area contributed by atoms with E-state index in [9.17, 15) is 4.79 Å². The molecule has 0 aliphatic carbocycles. The number of hydrogen-bond acceptors (Lipinski definition) is 3. The van der Waals surface area contributed by atoms with E-state index in [0.717, 1.165) is 18.7 Å². The maximum absolute atomic E-state index is 11.4. The van der Waals surface area contributed by atoms with Gasteiger partial charge in [-0.3, -0.25) is 0 Å². The topological polar surface area (TPSA) is 38.3 Å². The molecule has 23 heavy (non-hydrogen) atoms. The highest BCUT2D eigenvalue weighted by molar-refractivity contribution is 5.89. The first-order chi connectivity index (χ1) is 11.3. The molecule has 3 aromatic carbocycles. The minimum atomic E-state index is -0.305. The third kappa shape index (κ3) is 3.58. The molecule has 0 fully saturated rings. The number of methoxy groups -OCH3 is 1. The van der Waals surface area contributed by atoms with Gasteiger partial charge in [-0.15, -0.1) is 0 Å². The number of hydrogen-bond donors (Lipinski definition) is 1. The van der Waals surface area contributed by atoms with Gasteiger partial charge in [0.2, 0.25) is 0 Å². The van der Waals surface area contributed by atoms with Crippen molar-refractivity contribution in [2.24, 2.45) is 0 Å². The summed E-state index contributed by atoms with van der Waals surface area (Å²) in [6, 6.07) is 22.2. The fourth-order valence-electron chi connectivity index (χ4n) is 2.66. The van der Waals surface area contributed by atoms with Crippen molar-refractivity contribution in [2.45, 2.75) is 13.1 Å². The second kappa shape index (κ2) is 7.07. The number of fused-ring (bicyclic) bond motifs is 1. The van der Waals surface area contributed by atoms with E-state index >= 15 is 0 Å². The fourth-order valence-corrected chi connectivity index (χ4v) is 2.66. The Morgan fingerprint density at radius 2 is 1.65 bits per heavy atom. The molecule has 0 spiro atoms. The van der Waals surface area contributed by atoms with Gasteiger partial charge in [0.15, 0.2) is 0 Å². The Bertz CT molecular complexity index is 804. The summed E-state index contributed by atoms with van der Waals surface area (Å²) >= 11 is 0. The van der Waals surface area contributed by atoms with Crippen LogP contribution in [0.5, 0.6) is 0 Å². The van der Waals surface area contributed by atoms with Gasteiger partial charge in [0, 0.05) is 13.1 Å². The van der Waals surface area contributed by atoms with E-state index in [1.54, 1.807) is 12.1 Å². The van der Waals surface area contributed by atoms with Gasteiger partial charge < -0.3 is 10.1 Å². The molecule has 0 saturated carbocycles. The predicted molar refractivity (Wildman–Crippen MR) is 92.3 cm³/mol. The molecule has 3 aromatic rings. The molecule has 0 unspecified atom stereocenters. The van der Waals surface area contributed by atoms with Crippen molar-refractivity contribution in [1.29, 1.82) is 0 Å². The minimum absolute atomic E-state index is 0.305. The Morgan fingerprint density at radius 3 is 2.43 bits per heavy atom. The van der Waals surface area contributed by atoms with E-state index in [-0.39, 0.29) is 5.97 Å². The summed E-state index contributed by atoms with van der Waals surface area (Å²) in [6.07, 6.45) is 0. The van der Waals surface area contributed by atoms with E-state index in [0.29, 0.717) is 5.56 Å². The van der Waals surface area contributed by atoms with Crippen molar-refractivity contribution in [3.05, 3.63) is 83.4 Å². The lowest BCUT2D eigenvalue weighted by Gasteiger charge is -2.09. The van der Waals surface area contributed by atoms with E-state index in [1.165, 1.54) is 23.4 Å². The van der Waals surface area contributed by atoms with Crippen molar-refractivity contribution in [3.63, 3.8) is 0 Å². The maximum atomic E-state index is 11.4. The second-order valence-corrected chi connectivity index (χ2v) is 5.43. The standard InChI is InChI=1S/C20H19NO2/c1-23-20(22)17-11-9-15(10-12-17)13-21-14-18-7-4-6-16-5-2-3-8-19(16)18/h2-12,21H,13-14H2,1H3. The van der Waals surface area contributed by atoms with Crippen LogP contribution in [-0.2, 0) is 17.8 Å². The second-order valence-electron chi connectivity index (χ2n) is 5.43. The van der Waals surface area contributed by atoms with E-state index in [2.05, 4.69) is 47.8 Å². The largest absolute Gasteiger partial charge is 0.465 e. The molecule has 0 amide bonds. The first-order valence-corrected chi connectivity index (χ1v) is 7.62. The molecule has 0 radical (unpaired) electrons. The number of nitrogens with one attached hydrogen (secondary N) is 1. The monoisotopic (exact) mass is 305 g/mol. The molecule has 0 aromatic heterocycles. The molecule has 0 atom stereocenters. The molecular weight excluding hydrogens is 286 g/mol. The summed E-state index contributed by atoms with van der Waals surface area (Å²) < 4.78 is 4.70. The summed E-state index contributed by atoms with van der Waals surface area (Å²) in [5.41, 5.74) is 3.00. The molecule has 116 valence electrons. The van der Waals surface area contributed by atoms with Gasteiger partial charge in [-0.05, 0) is 34.0 Å². The summed E-state index contributed by atoms with van der Waals surface area (Å²) in [7, 11) is 1.39. The molecule has 0 aliphatic rings. The van der Waals surface area contributed by atoms with E-state index < -0.39 is 0 Å². The van der Waals surface area contributed by atoms with Gasteiger partial charge >= 0.3 is 5.97 Å². The number of carbonyl (C=O) groups is 1. The number of ether oxygens (including phenoxy) is 1. The van der Waals surface area contributed by atoms with Gasteiger partial charge in [0.1, 0.15) is 0 Å². The lowest BCUT2D eigenvalue weighted by atomic mass is 10.0. The van der Waals surface area contributed by atoms with Crippen LogP contribution in [0.2, 0.25) is 0 Å². The third-order valence-electron chi connectivity index (χ3n) is 3.90. The molecule has 0 saturated heterocycles. The van der Waals surface area contributed by atoms with Crippen LogP contribution >= 0.6 is 0 Å². The summed E-state index contributed by atoms with van der Waals surface area (Å²) in [5, 5.41) is 6.00. The van der Waals surface area contributed by atoms with Gasteiger partial charge in [-0.1, -0.05) is 54.6 Å². The van der Waals surface area contributed by atoms with Crippen LogP contribution in [0, 0.1) is 0 Å². The summed E-state index contributed by atoms with van der Waals surface area (Å²) in [5.74, 6) is -0.305.